The number of aromatic nitrogens is 1. The largest absolute Gasteiger partial charge is 0.382 e. The van der Waals surface area contributed by atoms with Crippen LogP contribution in [0.2, 0.25) is 0 Å². The highest BCUT2D eigenvalue weighted by Crippen LogP contribution is 2.15. The summed E-state index contributed by atoms with van der Waals surface area (Å²) in [5, 5.41) is 7.45. The average molecular weight is 248 g/mol. The van der Waals surface area contributed by atoms with Crippen LogP contribution in [-0.4, -0.2) is 23.9 Å². The Hall–Kier alpha value is -1.58. The lowest BCUT2D eigenvalue weighted by molar-refractivity contribution is 0.549. The van der Waals surface area contributed by atoms with Crippen molar-refractivity contribution in [1.82, 2.24) is 4.98 Å². The van der Waals surface area contributed by atoms with Gasteiger partial charge in [-0.1, -0.05) is 33.8 Å². The molecule has 0 unspecified atom stereocenters. The van der Waals surface area contributed by atoms with E-state index in [1.54, 1.807) is 6.07 Å². The molecule has 3 N–H and O–H groups in total. The third kappa shape index (κ3) is 4.35. The van der Waals surface area contributed by atoms with Crippen molar-refractivity contribution in [2.75, 3.05) is 18.0 Å². The Morgan fingerprint density at radius 2 is 1.78 bits per heavy atom. The summed E-state index contributed by atoms with van der Waals surface area (Å²) in [6.45, 7) is 10.7. The Morgan fingerprint density at radius 3 is 2.22 bits per heavy atom. The Morgan fingerprint density at radius 1 is 1.22 bits per heavy atom. The van der Waals surface area contributed by atoms with Crippen LogP contribution in [0.15, 0.2) is 18.2 Å². The van der Waals surface area contributed by atoms with Crippen molar-refractivity contribution in [1.29, 1.82) is 5.41 Å². The number of hydrogen-bond acceptors (Lipinski definition) is 3. The molecule has 0 aliphatic carbocycles. The van der Waals surface area contributed by atoms with Crippen molar-refractivity contribution in [3.8, 4) is 0 Å². The maximum Gasteiger partial charge on any atom is 0.141 e. The summed E-state index contributed by atoms with van der Waals surface area (Å²) in [4.78, 5) is 6.72. The van der Waals surface area contributed by atoms with Gasteiger partial charge in [-0.25, -0.2) is 4.98 Å². The van der Waals surface area contributed by atoms with E-state index in [1.807, 2.05) is 12.1 Å². The minimum atomic E-state index is 0.0193. The fraction of sp³-hybridized carbons (Fsp3) is 0.571. The number of rotatable bonds is 6. The average Bonchev–Trinajstić information content (AvgIpc) is 2.27. The quantitative estimate of drug-likeness (QED) is 0.600. The van der Waals surface area contributed by atoms with E-state index in [2.05, 4.69) is 37.6 Å². The first-order chi connectivity index (χ1) is 8.40. The number of amidine groups is 1. The highest BCUT2D eigenvalue weighted by Gasteiger charge is 2.12. The van der Waals surface area contributed by atoms with Gasteiger partial charge in [0, 0.05) is 13.1 Å². The predicted octanol–water partition coefficient (Wildman–Crippen LogP) is 2.48. The molecular weight excluding hydrogens is 224 g/mol. The number of anilines is 1. The summed E-state index contributed by atoms with van der Waals surface area (Å²) >= 11 is 0. The molecule has 100 valence electrons. The molecule has 0 saturated carbocycles. The summed E-state index contributed by atoms with van der Waals surface area (Å²) in [6.07, 6.45) is 0. The van der Waals surface area contributed by atoms with Crippen LogP contribution >= 0.6 is 0 Å². The van der Waals surface area contributed by atoms with Gasteiger partial charge in [0.25, 0.3) is 0 Å². The molecule has 0 atom stereocenters. The minimum Gasteiger partial charge on any atom is -0.382 e. The lowest BCUT2D eigenvalue weighted by Crippen LogP contribution is -2.32. The number of nitrogen functional groups attached to an aromatic ring is 1. The molecule has 0 amide bonds. The third-order valence-electron chi connectivity index (χ3n) is 2.51. The Balaban J connectivity index is 2.96. The van der Waals surface area contributed by atoms with Crippen molar-refractivity contribution in [2.45, 2.75) is 27.7 Å². The monoisotopic (exact) mass is 248 g/mol. The van der Waals surface area contributed by atoms with E-state index in [4.69, 9.17) is 11.1 Å². The number of nitrogens with two attached hydrogens (primary N) is 1. The van der Waals surface area contributed by atoms with Gasteiger partial charge in [0.15, 0.2) is 0 Å². The van der Waals surface area contributed by atoms with Crippen LogP contribution in [0.3, 0.4) is 0 Å². The molecule has 1 rings (SSSR count). The normalized spacial score (nSPS) is 11.0. The standard InChI is InChI=1S/C14H24N4/c1-10(2)8-18(9-11(3)4)13-7-5-6-12(17-13)14(15)16/h5-7,10-11H,8-9H2,1-4H3,(H3,15,16). The van der Waals surface area contributed by atoms with E-state index >= 15 is 0 Å². The fourth-order valence-corrected chi connectivity index (χ4v) is 1.89. The lowest BCUT2D eigenvalue weighted by atomic mass is 10.1. The van der Waals surface area contributed by atoms with Crippen molar-refractivity contribution in [3.63, 3.8) is 0 Å². The number of nitrogens with one attached hydrogen (secondary N) is 1. The van der Waals surface area contributed by atoms with Crippen molar-refractivity contribution in [2.24, 2.45) is 17.6 Å². The van der Waals surface area contributed by atoms with Crippen molar-refractivity contribution < 1.29 is 0 Å². The van der Waals surface area contributed by atoms with E-state index < -0.39 is 0 Å². The van der Waals surface area contributed by atoms with Gasteiger partial charge < -0.3 is 10.6 Å². The van der Waals surface area contributed by atoms with Gasteiger partial charge in [0.2, 0.25) is 0 Å². The molecule has 1 aromatic rings. The molecule has 0 radical (unpaired) electrons. The Labute approximate surface area is 110 Å². The van der Waals surface area contributed by atoms with Gasteiger partial charge in [0.05, 0.1) is 0 Å². The topological polar surface area (TPSA) is 66.0 Å². The van der Waals surface area contributed by atoms with Crippen molar-refractivity contribution in [3.05, 3.63) is 23.9 Å². The van der Waals surface area contributed by atoms with Crippen LogP contribution in [0.4, 0.5) is 5.82 Å². The second kappa shape index (κ2) is 6.38. The van der Waals surface area contributed by atoms with E-state index in [9.17, 15) is 0 Å². The first-order valence-electron chi connectivity index (χ1n) is 6.46. The zero-order valence-corrected chi connectivity index (χ0v) is 11.8. The first kappa shape index (κ1) is 14.5. The molecule has 18 heavy (non-hydrogen) atoms. The molecule has 0 aromatic carbocycles. The minimum absolute atomic E-state index is 0.0193. The van der Waals surface area contributed by atoms with E-state index in [-0.39, 0.29) is 5.84 Å². The van der Waals surface area contributed by atoms with E-state index in [0.717, 1.165) is 18.9 Å². The van der Waals surface area contributed by atoms with E-state index in [1.165, 1.54) is 0 Å². The lowest BCUT2D eigenvalue weighted by Gasteiger charge is -2.27. The molecule has 0 saturated heterocycles. The first-order valence-corrected chi connectivity index (χ1v) is 6.46. The fourth-order valence-electron chi connectivity index (χ4n) is 1.89. The molecule has 1 heterocycles. The summed E-state index contributed by atoms with van der Waals surface area (Å²) < 4.78 is 0. The van der Waals surface area contributed by atoms with Gasteiger partial charge in [-0.3, -0.25) is 5.41 Å². The zero-order valence-electron chi connectivity index (χ0n) is 11.8. The van der Waals surface area contributed by atoms with Gasteiger partial charge in [0.1, 0.15) is 17.3 Å². The van der Waals surface area contributed by atoms with Gasteiger partial charge >= 0.3 is 0 Å². The van der Waals surface area contributed by atoms with Gasteiger partial charge in [-0.15, -0.1) is 0 Å². The molecule has 4 nitrogen and oxygen atoms in total. The molecule has 0 bridgehead atoms. The van der Waals surface area contributed by atoms with Gasteiger partial charge in [-0.2, -0.15) is 0 Å². The van der Waals surface area contributed by atoms with Crippen LogP contribution < -0.4 is 10.6 Å². The highest BCUT2D eigenvalue weighted by atomic mass is 15.2. The summed E-state index contributed by atoms with van der Waals surface area (Å²) in [5.41, 5.74) is 6.03. The number of hydrogen-bond donors (Lipinski definition) is 2. The van der Waals surface area contributed by atoms with Crippen LogP contribution in [0.1, 0.15) is 33.4 Å². The molecule has 1 aromatic heterocycles. The highest BCUT2D eigenvalue weighted by molar-refractivity contribution is 5.93. The molecule has 0 aliphatic heterocycles. The Bertz CT molecular complexity index is 389. The SMILES string of the molecule is CC(C)CN(CC(C)C)c1cccc(C(=N)N)n1. The number of nitrogens with zero attached hydrogens (tertiary/aromatic N) is 2. The molecular formula is C14H24N4. The summed E-state index contributed by atoms with van der Waals surface area (Å²) in [7, 11) is 0. The molecule has 4 heteroatoms. The smallest absolute Gasteiger partial charge is 0.141 e. The maximum absolute atomic E-state index is 7.45. The molecule has 0 aliphatic rings. The molecule has 0 fully saturated rings. The molecule has 0 spiro atoms. The zero-order chi connectivity index (χ0) is 13.7. The summed E-state index contributed by atoms with van der Waals surface area (Å²) in [6, 6.07) is 5.67. The van der Waals surface area contributed by atoms with Crippen molar-refractivity contribution >= 4 is 11.7 Å². The van der Waals surface area contributed by atoms with Crippen LogP contribution in [0, 0.1) is 17.2 Å². The van der Waals surface area contributed by atoms with Gasteiger partial charge in [-0.05, 0) is 24.0 Å². The Kier molecular flexibility index (Phi) is 5.13. The van der Waals surface area contributed by atoms with E-state index in [0.29, 0.717) is 17.5 Å². The second-order valence-corrected chi connectivity index (χ2v) is 5.49. The van der Waals surface area contributed by atoms with Crippen LogP contribution in [0.5, 0.6) is 0 Å². The third-order valence-corrected chi connectivity index (χ3v) is 2.51. The number of pyridine rings is 1. The second-order valence-electron chi connectivity index (χ2n) is 5.49. The summed E-state index contributed by atoms with van der Waals surface area (Å²) in [5.74, 6) is 2.08. The van der Waals surface area contributed by atoms with Crippen LogP contribution in [-0.2, 0) is 0 Å². The predicted molar refractivity (Wildman–Crippen MR) is 77.1 cm³/mol. The van der Waals surface area contributed by atoms with Crippen LogP contribution in [0.25, 0.3) is 0 Å². The maximum atomic E-state index is 7.45.